The highest BCUT2D eigenvalue weighted by Gasteiger charge is 2.21. The first-order valence-electron chi connectivity index (χ1n) is 6.38. The largest absolute Gasteiger partial charge is 0.493 e. The van der Waals surface area contributed by atoms with Crippen LogP contribution in [0.4, 0.5) is 0 Å². The van der Waals surface area contributed by atoms with Crippen LogP contribution in [0, 0.1) is 12.8 Å². The molecule has 94 valence electrons. The number of hydrogen-bond acceptors (Lipinski definition) is 2. The molecule has 18 heavy (non-hydrogen) atoms. The fraction of sp³-hybridized carbons (Fsp3) is 0.400. The number of ether oxygens (including phenoxy) is 1. The van der Waals surface area contributed by atoms with Gasteiger partial charge in [-0.25, -0.2) is 0 Å². The second-order valence-corrected chi connectivity index (χ2v) is 5.19. The molecule has 0 radical (unpaired) electrons. The molecule has 0 bridgehead atoms. The van der Waals surface area contributed by atoms with Gasteiger partial charge in [-0.05, 0) is 37.8 Å². The van der Waals surface area contributed by atoms with Gasteiger partial charge in [0.15, 0.2) is 5.43 Å². The summed E-state index contributed by atoms with van der Waals surface area (Å²) in [6.07, 6.45) is 4.44. The SMILES string of the molecule is Cc1cn(C)c2cc(OCC3CC3)ccc2c1=O. The van der Waals surface area contributed by atoms with E-state index in [0.29, 0.717) is 0 Å². The van der Waals surface area contributed by atoms with E-state index in [0.717, 1.165) is 34.7 Å². The molecule has 3 rings (SSSR count). The van der Waals surface area contributed by atoms with Crippen LogP contribution in [-0.2, 0) is 7.05 Å². The number of aromatic nitrogens is 1. The summed E-state index contributed by atoms with van der Waals surface area (Å²) < 4.78 is 7.73. The van der Waals surface area contributed by atoms with Crippen LogP contribution in [0.15, 0.2) is 29.2 Å². The first kappa shape index (κ1) is 11.3. The summed E-state index contributed by atoms with van der Waals surface area (Å²) >= 11 is 0. The Balaban J connectivity index is 2.02. The number of fused-ring (bicyclic) bond motifs is 1. The lowest BCUT2D eigenvalue weighted by atomic mass is 10.1. The summed E-state index contributed by atoms with van der Waals surface area (Å²) in [4.78, 5) is 12.0. The van der Waals surface area contributed by atoms with Gasteiger partial charge in [-0.2, -0.15) is 0 Å². The lowest BCUT2D eigenvalue weighted by Gasteiger charge is -2.10. The first-order chi connectivity index (χ1) is 8.65. The summed E-state index contributed by atoms with van der Waals surface area (Å²) in [6.45, 7) is 2.64. The molecule has 0 saturated heterocycles. The Morgan fingerprint density at radius 3 is 2.89 bits per heavy atom. The van der Waals surface area contributed by atoms with Crippen molar-refractivity contribution in [1.29, 1.82) is 0 Å². The predicted octanol–water partition coefficient (Wildman–Crippen LogP) is 2.64. The van der Waals surface area contributed by atoms with Crippen LogP contribution >= 0.6 is 0 Å². The predicted molar refractivity (Wildman–Crippen MR) is 72.1 cm³/mol. The number of rotatable bonds is 3. The van der Waals surface area contributed by atoms with Crippen LogP contribution in [0.3, 0.4) is 0 Å². The fourth-order valence-electron chi connectivity index (χ4n) is 2.21. The van der Waals surface area contributed by atoms with Crippen molar-refractivity contribution in [2.45, 2.75) is 19.8 Å². The van der Waals surface area contributed by atoms with Gasteiger partial charge >= 0.3 is 0 Å². The molecule has 1 heterocycles. The van der Waals surface area contributed by atoms with Gasteiger partial charge in [-0.1, -0.05) is 0 Å². The van der Waals surface area contributed by atoms with Gasteiger partial charge in [-0.15, -0.1) is 0 Å². The Morgan fingerprint density at radius 1 is 1.39 bits per heavy atom. The van der Waals surface area contributed by atoms with Crippen molar-refractivity contribution in [2.24, 2.45) is 13.0 Å². The van der Waals surface area contributed by atoms with E-state index in [9.17, 15) is 4.79 Å². The average Bonchev–Trinajstić information content (AvgIpc) is 3.17. The lowest BCUT2D eigenvalue weighted by Crippen LogP contribution is -2.10. The Bertz CT molecular complexity index is 653. The molecule has 1 fully saturated rings. The van der Waals surface area contributed by atoms with Crippen LogP contribution in [0.2, 0.25) is 0 Å². The fourth-order valence-corrected chi connectivity index (χ4v) is 2.21. The maximum Gasteiger partial charge on any atom is 0.192 e. The summed E-state index contributed by atoms with van der Waals surface area (Å²) in [6, 6.07) is 5.72. The lowest BCUT2D eigenvalue weighted by molar-refractivity contribution is 0.300. The molecule has 1 aliphatic rings. The number of benzene rings is 1. The summed E-state index contributed by atoms with van der Waals surface area (Å²) in [5.74, 6) is 1.59. The van der Waals surface area contributed by atoms with Gasteiger partial charge in [0.05, 0.1) is 12.1 Å². The molecule has 0 aliphatic heterocycles. The van der Waals surface area contributed by atoms with Gasteiger partial charge in [0.25, 0.3) is 0 Å². The van der Waals surface area contributed by atoms with E-state index < -0.39 is 0 Å². The number of pyridine rings is 1. The van der Waals surface area contributed by atoms with Crippen LogP contribution in [0.1, 0.15) is 18.4 Å². The third kappa shape index (κ3) is 2.01. The summed E-state index contributed by atoms with van der Waals surface area (Å²) in [5, 5.41) is 0.760. The molecule has 0 N–H and O–H groups in total. The van der Waals surface area contributed by atoms with Crippen LogP contribution < -0.4 is 10.2 Å². The van der Waals surface area contributed by atoms with E-state index in [-0.39, 0.29) is 5.43 Å². The zero-order valence-corrected chi connectivity index (χ0v) is 10.8. The maximum atomic E-state index is 12.0. The van der Waals surface area contributed by atoms with Crippen LogP contribution in [-0.4, -0.2) is 11.2 Å². The summed E-state index contributed by atoms with van der Waals surface area (Å²) in [5.41, 5.74) is 1.81. The Morgan fingerprint density at radius 2 is 2.17 bits per heavy atom. The van der Waals surface area contributed by atoms with Crippen molar-refractivity contribution in [3.05, 3.63) is 40.2 Å². The van der Waals surface area contributed by atoms with Crippen molar-refractivity contribution in [3.63, 3.8) is 0 Å². The third-order valence-electron chi connectivity index (χ3n) is 3.52. The van der Waals surface area contributed by atoms with Crippen molar-refractivity contribution < 1.29 is 4.74 Å². The highest BCUT2D eigenvalue weighted by atomic mass is 16.5. The molecule has 1 aromatic carbocycles. The van der Waals surface area contributed by atoms with E-state index in [1.807, 2.05) is 42.9 Å². The van der Waals surface area contributed by atoms with Gasteiger partial charge in [-0.3, -0.25) is 4.79 Å². The Hall–Kier alpha value is -1.77. The van der Waals surface area contributed by atoms with Gasteiger partial charge in [0.1, 0.15) is 5.75 Å². The van der Waals surface area contributed by atoms with Crippen molar-refractivity contribution >= 4 is 10.9 Å². The average molecular weight is 243 g/mol. The monoisotopic (exact) mass is 243 g/mol. The number of nitrogens with zero attached hydrogens (tertiary/aromatic N) is 1. The highest BCUT2D eigenvalue weighted by molar-refractivity contribution is 5.81. The molecule has 1 saturated carbocycles. The zero-order valence-electron chi connectivity index (χ0n) is 10.8. The second-order valence-electron chi connectivity index (χ2n) is 5.19. The molecule has 0 spiro atoms. The van der Waals surface area contributed by atoms with Gasteiger partial charge in [0, 0.05) is 30.3 Å². The molecule has 3 heteroatoms. The van der Waals surface area contributed by atoms with Gasteiger partial charge < -0.3 is 9.30 Å². The highest BCUT2D eigenvalue weighted by Crippen LogP contribution is 2.30. The minimum atomic E-state index is 0.108. The molecule has 2 aromatic rings. The molecule has 1 aliphatic carbocycles. The normalized spacial score (nSPS) is 15.0. The van der Waals surface area contributed by atoms with Crippen molar-refractivity contribution in [1.82, 2.24) is 4.57 Å². The molecule has 0 atom stereocenters. The van der Waals surface area contributed by atoms with Gasteiger partial charge in [0.2, 0.25) is 0 Å². The van der Waals surface area contributed by atoms with E-state index in [1.165, 1.54) is 12.8 Å². The van der Waals surface area contributed by atoms with E-state index >= 15 is 0 Å². The van der Waals surface area contributed by atoms with E-state index in [1.54, 1.807) is 0 Å². The van der Waals surface area contributed by atoms with E-state index in [4.69, 9.17) is 4.74 Å². The van der Waals surface area contributed by atoms with E-state index in [2.05, 4.69) is 0 Å². The minimum Gasteiger partial charge on any atom is -0.493 e. The molecular formula is C15H17NO2. The molecular weight excluding hydrogens is 226 g/mol. The van der Waals surface area contributed by atoms with Crippen LogP contribution in [0.5, 0.6) is 5.75 Å². The maximum absolute atomic E-state index is 12.0. The third-order valence-corrected chi connectivity index (χ3v) is 3.52. The standard InChI is InChI=1S/C15H17NO2/c1-10-8-16(2)14-7-12(18-9-11-3-4-11)5-6-13(14)15(10)17/h5-8,11H,3-4,9H2,1-2H3. The number of hydrogen-bond donors (Lipinski definition) is 0. The molecule has 0 unspecified atom stereocenters. The van der Waals surface area contributed by atoms with Crippen LogP contribution in [0.25, 0.3) is 10.9 Å². The Kier molecular flexibility index (Phi) is 2.62. The Labute approximate surface area is 106 Å². The van der Waals surface area contributed by atoms with Crippen molar-refractivity contribution in [2.75, 3.05) is 6.61 Å². The molecule has 3 nitrogen and oxygen atoms in total. The topological polar surface area (TPSA) is 31.2 Å². The smallest absolute Gasteiger partial charge is 0.192 e. The second kappa shape index (κ2) is 4.16. The zero-order chi connectivity index (χ0) is 12.7. The first-order valence-corrected chi connectivity index (χ1v) is 6.38. The minimum absolute atomic E-state index is 0.108. The molecule has 0 amide bonds. The molecule has 1 aromatic heterocycles. The quantitative estimate of drug-likeness (QED) is 0.829. The number of aryl methyl sites for hydroxylation is 2. The van der Waals surface area contributed by atoms with Crippen molar-refractivity contribution in [3.8, 4) is 5.75 Å². The summed E-state index contributed by atoms with van der Waals surface area (Å²) in [7, 11) is 1.96.